The van der Waals surface area contributed by atoms with Crippen LogP contribution in [-0.2, 0) is 22.8 Å². The number of nitrogens with zero attached hydrogens (tertiary/aromatic N) is 1. The van der Waals surface area contributed by atoms with Crippen LogP contribution in [0, 0.1) is 0 Å². The summed E-state index contributed by atoms with van der Waals surface area (Å²) >= 11 is 0. The lowest BCUT2D eigenvalue weighted by Gasteiger charge is -2.07. The van der Waals surface area contributed by atoms with Crippen molar-refractivity contribution >= 4 is 20.7 Å². The predicted octanol–water partition coefficient (Wildman–Crippen LogP) is 1.58. The van der Waals surface area contributed by atoms with Crippen LogP contribution in [0.15, 0.2) is 30.5 Å². The van der Waals surface area contributed by atoms with Crippen molar-refractivity contribution in [2.75, 3.05) is 18.1 Å². The standard InChI is InChI=1S/C14H20N2O2S/c1-2-19(17,18)11-10-16-9-7-13-12(6-8-15)4-3-5-14(13)16/h3-5,7,9H,2,6,8,10-11,15H2,1H3. The Kier molecular flexibility index (Phi) is 4.27. The van der Waals surface area contributed by atoms with Crippen LogP contribution < -0.4 is 5.73 Å². The Morgan fingerprint density at radius 2 is 2.05 bits per heavy atom. The number of aryl methyl sites for hydroxylation is 1. The van der Waals surface area contributed by atoms with Gasteiger partial charge in [0.2, 0.25) is 0 Å². The van der Waals surface area contributed by atoms with E-state index in [0.29, 0.717) is 13.1 Å². The van der Waals surface area contributed by atoms with Crippen molar-refractivity contribution < 1.29 is 8.42 Å². The van der Waals surface area contributed by atoms with Crippen LogP contribution in [-0.4, -0.2) is 31.0 Å². The quantitative estimate of drug-likeness (QED) is 0.873. The summed E-state index contributed by atoms with van der Waals surface area (Å²) in [4.78, 5) is 0. The molecular formula is C14H20N2O2S. The minimum Gasteiger partial charge on any atom is -0.346 e. The molecular weight excluding hydrogens is 260 g/mol. The number of rotatable bonds is 6. The van der Waals surface area contributed by atoms with Gasteiger partial charge in [0.25, 0.3) is 0 Å². The Hall–Kier alpha value is -1.33. The highest BCUT2D eigenvalue weighted by Crippen LogP contribution is 2.20. The molecule has 0 fully saturated rings. The number of sulfone groups is 1. The molecule has 2 aromatic rings. The molecule has 2 rings (SSSR count). The third-order valence-electron chi connectivity index (χ3n) is 3.40. The number of hydrogen-bond acceptors (Lipinski definition) is 3. The SMILES string of the molecule is CCS(=O)(=O)CCn1ccc2c(CCN)cccc21. The normalized spacial score (nSPS) is 12.1. The van der Waals surface area contributed by atoms with Gasteiger partial charge in [0, 0.05) is 29.4 Å². The van der Waals surface area contributed by atoms with Gasteiger partial charge in [-0.25, -0.2) is 8.42 Å². The molecule has 0 unspecified atom stereocenters. The predicted molar refractivity (Wildman–Crippen MR) is 79.0 cm³/mol. The Labute approximate surface area is 114 Å². The molecule has 0 aliphatic rings. The minimum atomic E-state index is -2.93. The average molecular weight is 280 g/mol. The van der Waals surface area contributed by atoms with Gasteiger partial charge in [-0.1, -0.05) is 19.1 Å². The zero-order valence-electron chi connectivity index (χ0n) is 11.2. The van der Waals surface area contributed by atoms with Crippen LogP contribution in [0.25, 0.3) is 10.9 Å². The maximum Gasteiger partial charge on any atom is 0.151 e. The highest BCUT2D eigenvalue weighted by atomic mass is 32.2. The fraction of sp³-hybridized carbons (Fsp3) is 0.429. The first-order valence-electron chi connectivity index (χ1n) is 6.54. The zero-order valence-corrected chi connectivity index (χ0v) is 12.0. The van der Waals surface area contributed by atoms with Crippen LogP contribution in [0.1, 0.15) is 12.5 Å². The lowest BCUT2D eigenvalue weighted by atomic mass is 10.1. The van der Waals surface area contributed by atoms with Crippen molar-refractivity contribution in [2.45, 2.75) is 19.9 Å². The Bertz CT molecular complexity index is 659. The van der Waals surface area contributed by atoms with E-state index in [0.717, 1.165) is 11.9 Å². The van der Waals surface area contributed by atoms with Gasteiger partial charge in [0.05, 0.1) is 5.75 Å². The topological polar surface area (TPSA) is 65.1 Å². The Morgan fingerprint density at radius 1 is 1.26 bits per heavy atom. The fourth-order valence-corrected chi connectivity index (χ4v) is 3.00. The van der Waals surface area contributed by atoms with Crippen molar-refractivity contribution in [3.8, 4) is 0 Å². The lowest BCUT2D eigenvalue weighted by molar-refractivity contribution is 0.591. The molecule has 0 atom stereocenters. The summed E-state index contributed by atoms with van der Waals surface area (Å²) in [6, 6.07) is 8.13. The highest BCUT2D eigenvalue weighted by molar-refractivity contribution is 7.91. The van der Waals surface area contributed by atoms with Crippen molar-refractivity contribution in [1.29, 1.82) is 0 Å². The van der Waals surface area contributed by atoms with Crippen molar-refractivity contribution in [1.82, 2.24) is 4.57 Å². The third kappa shape index (κ3) is 3.16. The molecule has 0 aliphatic carbocycles. The van der Waals surface area contributed by atoms with Gasteiger partial charge in [0.1, 0.15) is 0 Å². The van der Waals surface area contributed by atoms with E-state index in [1.807, 2.05) is 29.0 Å². The largest absolute Gasteiger partial charge is 0.346 e. The van der Waals surface area contributed by atoms with Gasteiger partial charge in [-0.3, -0.25) is 0 Å². The molecule has 1 heterocycles. The fourth-order valence-electron chi connectivity index (χ4n) is 2.24. The second-order valence-corrected chi connectivity index (χ2v) is 7.11. The van der Waals surface area contributed by atoms with Crippen LogP contribution in [0.4, 0.5) is 0 Å². The molecule has 0 saturated heterocycles. The first-order chi connectivity index (χ1) is 9.07. The highest BCUT2D eigenvalue weighted by Gasteiger charge is 2.10. The van der Waals surface area contributed by atoms with Crippen molar-refractivity contribution in [3.05, 3.63) is 36.0 Å². The average Bonchev–Trinajstić information content (AvgIpc) is 2.81. The molecule has 0 bridgehead atoms. The van der Waals surface area contributed by atoms with Crippen molar-refractivity contribution in [2.24, 2.45) is 5.73 Å². The van der Waals surface area contributed by atoms with E-state index in [2.05, 4.69) is 6.07 Å². The van der Waals surface area contributed by atoms with Gasteiger partial charge < -0.3 is 10.3 Å². The van der Waals surface area contributed by atoms with E-state index in [-0.39, 0.29) is 11.5 Å². The Balaban J connectivity index is 2.28. The summed E-state index contributed by atoms with van der Waals surface area (Å²) in [7, 11) is -2.93. The molecule has 4 nitrogen and oxygen atoms in total. The molecule has 5 heteroatoms. The molecule has 2 N–H and O–H groups in total. The van der Waals surface area contributed by atoms with Gasteiger partial charge in [-0.15, -0.1) is 0 Å². The smallest absolute Gasteiger partial charge is 0.151 e. The first-order valence-corrected chi connectivity index (χ1v) is 8.37. The minimum absolute atomic E-state index is 0.189. The first kappa shape index (κ1) is 14.1. The van der Waals surface area contributed by atoms with E-state index in [1.165, 1.54) is 10.9 Å². The van der Waals surface area contributed by atoms with Gasteiger partial charge in [0.15, 0.2) is 9.84 Å². The molecule has 1 aromatic carbocycles. The van der Waals surface area contributed by atoms with Gasteiger partial charge in [-0.05, 0) is 30.7 Å². The van der Waals surface area contributed by atoms with Crippen LogP contribution in [0.3, 0.4) is 0 Å². The molecule has 1 aromatic heterocycles. The summed E-state index contributed by atoms with van der Waals surface area (Å²) in [5.74, 6) is 0.388. The summed E-state index contributed by atoms with van der Waals surface area (Å²) in [5.41, 5.74) is 7.91. The lowest BCUT2D eigenvalue weighted by Crippen LogP contribution is -2.14. The molecule has 0 spiro atoms. The molecule has 0 aliphatic heterocycles. The summed E-state index contributed by atoms with van der Waals surface area (Å²) in [6.45, 7) is 2.81. The number of benzene rings is 1. The monoisotopic (exact) mass is 280 g/mol. The molecule has 0 saturated carbocycles. The molecule has 0 radical (unpaired) electrons. The number of fused-ring (bicyclic) bond motifs is 1. The van der Waals surface area contributed by atoms with E-state index in [9.17, 15) is 8.42 Å². The van der Waals surface area contributed by atoms with Crippen LogP contribution in [0.2, 0.25) is 0 Å². The molecule has 19 heavy (non-hydrogen) atoms. The van der Waals surface area contributed by atoms with E-state index in [1.54, 1.807) is 6.92 Å². The second-order valence-electron chi connectivity index (χ2n) is 4.63. The Morgan fingerprint density at radius 3 is 2.74 bits per heavy atom. The van der Waals surface area contributed by atoms with Gasteiger partial charge >= 0.3 is 0 Å². The maximum atomic E-state index is 11.6. The third-order valence-corrected chi connectivity index (χ3v) is 5.08. The zero-order chi connectivity index (χ0) is 13.9. The van der Waals surface area contributed by atoms with E-state index < -0.39 is 9.84 Å². The molecule has 0 amide bonds. The molecule has 104 valence electrons. The van der Waals surface area contributed by atoms with E-state index >= 15 is 0 Å². The summed E-state index contributed by atoms with van der Waals surface area (Å²) < 4.78 is 25.1. The van der Waals surface area contributed by atoms with Crippen LogP contribution >= 0.6 is 0 Å². The number of nitrogens with two attached hydrogens (primary N) is 1. The summed E-state index contributed by atoms with van der Waals surface area (Å²) in [5, 5.41) is 1.17. The summed E-state index contributed by atoms with van der Waals surface area (Å²) in [6.07, 6.45) is 2.80. The van der Waals surface area contributed by atoms with Gasteiger partial charge in [-0.2, -0.15) is 0 Å². The number of hydrogen-bond donors (Lipinski definition) is 1. The number of aromatic nitrogens is 1. The maximum absolute atomic E-state index is 11.6. The second kappa shape index (κ2) is 5.75. The van der Waals surface area contributed by atoms with E-state index in [4.69, 9.17) is 5.73 Å². The van der Waals surface area contributed by atoms with Crippen LogP contribution in [0.5, 0.6) is 0 Å². The van der Waals surface area contributed by atoms with Crippen molar-refractivity contribution in [3.63, 3.8) is 0 Å².